The molecule has 0 aromatic carbocycles. The van der Waals surface area contributed by atoms with Crippen LogP contribution >= 0.6 is 0 Å². The fourth-order valence-electron chi connectivity index (χ4n) is 2.56. The zero-order valence-electron chi connectivity index (χ0n) is 6.62. The number of carbonyl (C=O) groups is 1. The lowest BCUT2D eigenvalue weighted by Crippen LogP contribution is -2.30. The molecule has 11 heavy (non-hydrogen) atoms. The molecule has 2 fully saturated rings. The van der Waals surface area contributed by atoms with E-state index in [9.17, 15) is 4.79 Å². The number of ketones is 1. The van der Waals surface area contributed by atoms with E-state index in [1.165, 1.54) is 6.42 Å². The molecule has 0 aromatic rings. The lowest BCUT2D eigenvalue weighted by atomic mass is 9.80. The fraction of sp³-hybridized carbons (Fsp3) is 0.889. The van der Waals surface area contributed by atoms with Gasteiger partial charge in [0, 0.05) is 11.8 Å². The molecule has 2 aliphatic carbocycles. The molecule has 2 saturated carbocycles. The van der Waals surface area contributed by atoms with Crippen molar-refractivity contribution in [1.29, 1.82) is 0 Å². The van der Waals surface area contributed by atoms with Gasteiger partial charge in [-0.2, -0.15) is 0 Å². The molecule has 2 bridgehead atoms. The number of hydrogen-bond donors (Lipinski definition) is 1. The third kappa shape index (κ3) is 1.09. The minimum Gasteiger partial charge on any atom is -0.396 e. The third-order valence-corrected chi connectivity index (χ3v) is 3.18. The maximum atomic E-state index is 11.5. The second kappa shape index (κ2) is 2.59. The van der Waals surface area contributed by atoms with Gasteiger partial charge in [-0.3, -0.25) is 4.79 Å². The predicted octanol–water partition coefficient (Wildman–Crippen LogP) is 0.984. The molecule has 0 aromatic heterocycles. The van der Waals surface area contributed by atoms with Crippen LogP contribution in [0.2, 0.25) is 0 Å². The average molecular weight is 154 g/mol. The summed E-state index contributed by atoms with van der Waals surface area (Å²) in [6, 6.07) is 0. The van der Waals surface area contributed by atoms with Crippen LogP contribution in [-0.2, 0) is 4.79 Å². The molecule has 2 rings (SSSR count). The lowest BCUT2D eigenvalue weighted by molar-refractivity contribution is -0.130. The summed E-state index contributed by atoms with van der Waals surface area (Å²) < 4.78 is 0. The first-order valence-corrected chi connectivity index (χ1v) is 4.46. The Bertz CT molecular complexity index is 176. The van der Waals surface area contributed by atoms with Crippen molar-refractivity contribution in [3.8, 4) is 0 Å². The zero-order chi connectivity index (χ0) is 7.84. The molecule has 0 saturated heterocycles. The van der Waals surface area contributed by atoms with Gasteiger partial charge in [-0.05, 0) is 31.6 Å². The van der Waals surface area contributed by atoms with Crippen molar-refractivity contribution in [2.45, 2.75) is 25.7 Å². The summed E-state index contributed by atoms with van der Waals surface area (Å²) in [7, 11) is 0. The van der Waals surface area contributed by atoms with Crippen LogP contribution in [0.4, 0.5) is 0 Å². The minimum atomic E-state index is -0.0127. The highest BCUT2D eigenvalue weighted by Gasteiger charge is 2.40. The van der Waals surface area contributed by atoms with Gasteiger partial charge in [-0.1, -0.05) is 0 Å². The fourth-order valence-corrected chi connectivity index (χ4v) is 2.56. The van der Waals surface area contributed by atoms with E-state index in [1.54, 1.807) is 0 Å². The molecule has 0 spiro atoms. The number of aliphatic hydroxyl groups excluding tert-OH is 1. The minimum absolute atomic E-state index is 0.0127. The number of hydrogen-bond acceptors (Lipinski definition) is 2. The summed E-state index contributed by atoms with van der Waals surface area (Å²) in [5.74, 6) is 1.38. The smallest absolute Gasteiger partial charge is 0.141 e. The van der Waals surface area contributed by atoms with Crippen molar-refractivity contribution in [1.82, 2.24) is 0 Å². The maximum absolute atomic E-state index is 11.5. The molecular formula is C9H14O2. The van der Waals surface area contributed by atoms with Crippen molar-refractivity contribution in [3.05, 3.63) is 0 Å². The molecule has 0 heterocycles. The first-order chi connectivity index (χ1) is 5.31. The van der Waals surface area contributed by atoms with Gasteiger partial charge in [0.25, 0.3) is 0 Å². The Labute approximate surface area is 66.6 Å². The van der Waals surface area contributed by atoms with Gasteiger partial charge in [0.1, 0.15) is 5.78 Å². The summed E-state index contributed by atoms with van der Waals surface area (Å²) in [4.78, 5) is 11.5. The van der Waals surface area contributed by atoms with Crippen LogP contribution in [0.1, 0.15) is 25.7 Å². The zero-order valence-corrected chi connectivity index (χ0v) is 6.62. The highest BCUT2D eigenvalue weighted by atomic mass is 16.3. The molecule has 2 nitrogen and oxygen atoms in total. The predicted molar refractivity (Wildman–Crippen MR) is 41.0 cm³/mol. The Morgan fingerprint density at radius 3 is 2.91 bits per heavy atom. The van der Waals surface area contributed by atoms with E-state index < -0.39 is 0 Å². The van der Waals surface area contributed by atoms with E-state index in [-0.39, 0.29) is 12.5 Å². The quantitative estimate of drug-likeness (QED) is 0.611. The summed E-state index contributed by atoms with van der Waals surface area (Å²) in [5, 5.41) is 8.90. The van der Waals surface area contributed by atoms with Crippen LogP contribution in [0.15, 0.2) is 0 Å². The molecule has 3 atom stereocenters. The van der Waals surface area contributed by atoms with Gasteiger partial charge in [0.2, 0.25) is 0 Å². The Hall–Kier alpha value is -0.370. The van der Waals surface area contributed by atoms with Crippen molar-refractivity contribution < 1.29 is 9.90 Å². The molecule has 0 radical (unpaired) electrons. The summed E-state index contributed by atoms with van der Waals surface area (Å²) in [6.07, 6.45) is 4.36. The van der Waals surface area contributed by atoms with E-state index in [2.05, 4.69) is 0 Å². The Morgan fingerprint density at radius 1 is 1.36 bits per heavy atom. The van der Waals surface area contributed by atoms with Crippen LogP contribution in [0.3, 0.4) is 0 Å². The van der Waals surface area contributed by atoms with Crippen LogP contribution in [0.25, 0.3) is 0 Å². The van der Waals surface area contributed by atoms with Gasteiger partial charge in [-0.15, -0.1) is 0 Å². The molecular weight excluding hydrogens is 140 g/mol. The van der Waals surface area contributed by atoms with Crippen molar-refractivity contribution >= 4 is 5.78 Å². The average Bonchev–Trinajstić information content (AvgIpc) is 2.42. The van der Waals surface area contributed by atoms with Crippen LogP contribution in [0, 0.1) is 17.8 Å². The molecule has 0 aliphatic heterocycles. The van der Waals surface area contributed by atoms with E-state index >= 15 is 0 Å². The second-order valence-electron chi connectivity index (χ2n) is 3.89. The van der Waals surface area contributed by atoms with E-state index in [1.807, 2.05) is 0 Å². The highest BCUT2D eigenvalue weighted by molar-refractivity contribution is 5.84. The van der Waals surface area contributed by atoms with Crippen molar-refractivity contribution in [2.75, 3.05) is 6.61 Å². The van der Waals surface area contributed by atoms with Crippen LogP contribution < -0.4 is 0 Å². The highest BCUT2D eigenvalue weighted by Crippen LogP contribution is 2.42. The lowest BCUT2D eigenvalue weighted by Gasteiger charge is -2.24. The third-order valence-electron chi connectivity index (χ3n) is 3.18. The van der Waals surface area contributed by atoms with Gasteiger partial charge < -0.3 is 5.11 Å². The van der Waals surface area contributed by atoms with Gasteiger partial charge in [-0.25, -0.2) is 0 Å². The summed E-state index contributed by atoms with van der Waals surface area (Å²) in [6.45, 7) is 0.0752. The maximum Gasteiger partial charge on any atom is 0.141 e. The first-order valence-electron chi connectivity index (χ1n) is 4.46. The summed E-state index contributed by atoms with van der Waals surface area (Å²) in [5.41, 5.74) is 0. The SMILES string of the molecule is O=C1C(CO)CC2CCC1C2. The van der Waals surface area contributed by atoms with Gasteiger partial charge >= 0.3 is 0 Å². The Morgan fingerprint density at radius 2 is 2.18 bits per heavy atom. The van der Waals surface area contributed by atoms with E-state index in [0.29, 0.717) is 11.7 Å². The molecule has 2 heteroatoms. The normalized spacial score (nSPS) is 43.0. The van der Waals surface area contributed by atoms with Gasteiger partial charge in [0.05, 0.1) is 6.61 Å². The summed E-state index contributed by atoms with van der Waals surface area (Å²) >= 11 is 0. The van der Waals surface area contributed by atoms with E-state index in [0.717, 1.165) is 25.2 Å². The Kier molecular flexibility index (Phi) is 1.72. The number of fused-ring (bicyclic) bond motifs is 2. The number of rotatable bonds is 1. The molecule has 3 unspecified atom stereocenters. The second-order valence-corrected chi connectivity index (χ2v) is 3.89. The van der Waals surface area contributed by atoms with Crippen molar-refractivity contribution in [3.63, 3.8) is 0 Å². The molecule has 1 N–H and O–H groups in total. The molecule has 62 valence electrons. The molecule has 0 amide bonds. The monoisotopic (exact) mass is 154 g/mol. The van der Waals surface area contributed by atoms with Gasteiger partial charge in [0.15, 0.2) is 0 Å². The number of aliphatic hydroxyl groups is 1. The van der Waals surface area contributed by atoms with Crippen LogP contribution in [0.5, 0.6) is 0 Å². The number of carbonyl (C=O) groups excluding carboxylic acids is 1. The van der Waals surface area contributed by atoms with Crippen molar-refractivity contribution in [2.24, 2.45) is 17.8 Å². The largest absolute Gasteiger partial charge is 0.396 e. The topological polar surface area (TPSA) is 37.3 Å². The van der Waals surface area contributed by atoms with E-state index in [4.69, 9.17) is 5.11 Å². The van der Waals surface area contributed by atoms with Crippen LogP contribution in [-0.4, -0.2) is 17.5 Å². The number of Topliss-reactive ketones (excluding diaryl/α,β-unsaturated/α-hetero) is 1. The molecule has 2 aliphatic rings. The Balaban J connectivity index is 2.12. The first kappa shape index (κ1) is 7.29. The standard InChI is InChI=1S/C9H14O2/c10-5-8-4-6-1-2-7(3-6)9(8)11/h6-8,10H,1-5H2.